The van der Waals surface area contributed by atoms with Crippen molar-refractivity contribution >= 4 is 11.9 Å². The molecule has 2 rings (SSSR count). The van der Waals surface area contributed by atoms with Gasteiger partial charge in [0.25, 0.3) is 0 Å². The molecule has 5 nitrogen and oxygen atoms in total. The van der Waals surface area contributed by atoms with E-state index in [-0.39, 0.29) is 12.5 Å². The van der Waals surface area contributed by atoms with Gasteiger partial charge in [-0.25, -0.2) is 0 Å². The van der Waals surface area contributed by atoms with Gasteiger partial charge in [0, 0.05) is 6.04 Å². The summed E-state index contributed by atoms with van der Waals surface area (Å²) in [6.45, 7) is 0.947. The van der Waals surface area contributed by atoms with Gasteiger partial charge in [-0.2, -0.15) is 0 Å². The summed E-state index contributed by atoms with van der Waals surface area (Å²) >= 11 is 0. The van der Waals surface area contributed by atoms with Crippen LogP contribution in [-0.2, 0) is 9.59 Å². The molecule has 5 heteroatoms. The zero-order valence-corrected chi connectivity index (χ0v) is 10.7. The third-order valence-corrected chi connectivity index (χ3v) is 3.97. The van der Waals surface area contributed by atoms with E-state index in [1.807, 2.05) is 0 Å². The molecule has 1 amide bonds. The third kappa shape index (κ3) is 3.45. The maximum absolute atomic E-state index is 11.9. The summed E-state index contributed by atoms with van der Waals surface area (Å²) < 4.78 is 0. The number of carboxylic acid groups (broad SMARTS) is 1. The highest BCUT2D eigenvalue weighted by Crippen LogP contribution is 2.19. The lowest BCUT2D eigenvalue weighted by molar-refractivity contribution is -0.145. The van der Waals surface area contributed by atoms with Crippen molar-refractivity contribution in [2.24, 2.45) is 0 Å². The first-order valence-electron chi connectivity index (χ1n) is 6.93. The number of aliphatic carboxylic acids is 1. The molecule has 2 fully saturated rings. The van der Waals surface area contributed by atoms with Crippen LogP contribution in [0.25, 0.3) is 0 Å². The number of carbonyl (C=O) groups is 2. The number of likely N-dealkylation sites (tertiary alicyclic amines) is 1. The van der Waals surface area contributed by atoms with Gasteiger partial charge in [-0.05, 0) is 32.2 Å². The topological polar surface area (TPSA) is 69.6 Å². The Hall–Kier alpha value is -1.10. The fraction of sp³-hybridized carbons (Fsp3) is 0.846. The molecule has 1 aliphatic heterocycles. The molecule has 0 aromatic heterocycles. The van der Waals surface area contributed by atoms with Gasteiger partial charge in [0.1, 0.15) is 6.04 Å². The van der Waals surface area contributed by atoms with Gasteiger partial charge in [-0.1, -0.05) is 19.3 Å². The highest BCUT2D eigenvalue weighted by atomic mass is 16.4. The van der Waals surface area contributed by atoms with Crippen LogP contribution in [0.2, 0.25) is 0 Å². The Morgan fingerprint density at radius 1 is 1.11 bits per heavy atom. The molecule has 2 aliphatic rings. The van der Waals surface area contributed by atoms with Crippen LogP contribution in [0.15, 0.2) is 0 Å². The average Bonchev–Trinajstić information content (AvgIpc) is 2.82. The molecule has 102 valence electrons. The lowest BCUT2D eigenvalue weighted by atomic mass is 10.0. The lowest BCUT2D eigenvalue weighted by Crippen LogP contribution is -2.50. The van der Waals surface area contributed by atoms with Crippen LogP contribution in [0.1, 0.15) is 44.9 Å². The quantitative estimate of drug-likeness (QED) is 0.785. The van der Waals surface area contributed by atoms with Gasteiger partial charge >= 0.3 is 5.97 Å². The molecule has 1 saturated carbocycles. The Labute approximate surface area is 108 Å². The fourth-order valence-corrected chi connectivity index (χ4v) is 2.99. The number of nitrogens with one attached hydrogen (secondary N) is 1. The second kappa shape index (κ2) is 6.18. The molecule has 0 bridgehead atoms. The van der Waals surface area contributed by atoms with E-state index >= 15 is 0 Å². The first-order valence-corrected chi connectivity index (χ1v) is 6.93. The Kier molecular flexibility index (Phi) is 4.58. The van der Waals surface area contributed by atoms with E-state index in [2.05, 4.69) is 5.32 Å². The second-order valence-electron chi connectivity index (χ2n) is 5.37. The van der Waals surface area contributed by atoms with Gasteiger partial charge in [0.15, 0.2) is 0 Å². The van der Waals surface area contributed by atoms with Gasteiger partial charge in [0.05, 0.1) is 6.54 Å². The highest BCUT2D eigenvalue weighted by molar-refractivity contribution is 5.80. The van der Waals surface area contributed by atoms with Crippen LogP contribution in [0.4, 0.5) is 0 Å². The minimum atomic E-state index is -0.802. The molecule has 1 saturated heterocycles. The Morgan fingerprint density at radius 2 is 1.78 bits per heavy atom. The van der Waals surface area contributed by atoms with Crippen molar-refractivity contribution in [2.45, 2.75) is 57.0 Å². The predicted molar refractivity (Wildman–Crippen MR) is 67.2 cm³/mol. The second-order valence-corrected chi connectivity index (χ2v) is 5.37. The predicted octanol–water partition coefficient (Wildman–Crippen LogP) is 0.984. The Bertz CT molecular complexity index is 313. The standard InChI is InChI=1S/C13H22N2O3/c16-12(14-10-5-1-2-6-10)9-15-8-4-3-7-11(15)13(17)18/h10-11H,1-9H2,(H,14,16)(H,17,18). The summed E-state index contributed by atoms with van der Waals surface area (Å²) in [7, 11) is 0. The van der Waals surface area contributed by atoms with E-state index < -0.39 is 12.0 Å². The number of carbonyl (C=O) groups excluding carboxylic acids is 1. The SMILES string of the molecule is O=C(CN1CCCCC1C(=O)O)NC1CCCC1. The monoisotopic (exact) mass is 254 g/mol. The number of nitrogens with zero attached hydrogens (tertiary/aromatic N) is 1. The normalized spacial score (nSPS) is 26.1. The lowest BCUT2D eigenvalue weighted by Gasteiger charge is -2.32. The minimum absolute atomic E-state index is 0.0185. The van der Waals surface area contributed by atoms with Crippen molar-refractivity contribution in [3.63, 3.8) is 0 Å². The van der Waals surface area contributed by atoms with Crippen molar-refractivity contribution in [3.8, 4) is 0 Å². The molecular weight excluding hydrogens is 232 g/mol. The van der Waals surface area contributed by atoms with E-state index in [0.717, 1.165) is 32.2 Å². The fourth-order valence-electron chi connectivity index (χ4n) is 2.99. The molecule has 1 atom stereocenters. The Balaban J connectivity index is 1.82. The van der Waals surface area contributed by atoms with Crippen LogP contribution < -0.4 is 5.32 Å². The zero-order chi connectivity index (χ0) is 13.0. The summed E-state index contributed by atoms with van der Waals surface area (Å²) in [4.78, 5) is 24.8. The van der Waals surface area contributed by atoms with E-state index in [0.29, 0.717) is 12.5 Å². The molecule has 18 heavy (non-hydrogen) atoms. The van der Waals surface area contributed by atoms with Gasteiger partial charge in [0.2, 0.25) is 5.91 Å². The number of hydrogen-bond donors (Lipinski definition) is 2. The van der Waals surface area contributed by atoms with E-state index in [4.69, 9.17) is 5.11 Å². The van der Waals surface area contributed by atoms with Crippen molar-refractivity contribution in [1.29, 1.82) is 0 Å². The number of carboxylic acids is 1. The molecule has 0 radical (unpaired) electrons. The first kappa shape index (κ1) is 13.3. The average molecular weight is 254 g/mol. The smallest absolute Gasteiger partial charge is 0.320 e. The van der Waals surface area contributed by atoms with Crippen LogP contribution >= 0.6 is 0 Å². The molecule has 1 aliphatic carbocycles. The van der Waals surface area contributed by atoms with Gasteiger partial charge in [-0.15, -0.1) is 0 Å². The van der Waals surface area contributed by atoms with E-state index in [1.165, 1.54) is 12.8 Å². The van der Waals surface area contributed by atoms with Crippen molar-refractivity contribution < 1.29 is 14.7 Å². The summed E-state index contributed by atoms with van der Waals surface area (Å²) in [5.74, 6) is -0.821. The number of hydrogen-bond acceptors (Lipinski definition) is 3. The van der Waals surface area contributed by atoms with Crippen molar-refractivity contribution in [3.05, 3.63) is 0 Å². The third-order valence-electron chi connectivity index (χ3n) is 3.97. The molecule has 0 spiro atoms. The molecule has 1 unspecified atom stereocenters. The summed E-state index contributed by atoms with van der Waals surface area (Å²) in [6, 6.07) is -0.168. The maximum Gasteiger partial charge on any atom is 0.320 e. The largest absolute Gasteiger partial charge is 0.480 e. The van der Waals surface area contributed by atoms with Crippen LogP contribution in [-0.4, -0.2) is 47.1 Å². The highest BCUT2D eigenvalue weighted by Gasteiger charge is 2.30. The molecule has 2 N–H and O–H groups in total. The van der Waals surface area contributed by atoms with Crippen molar-refractivity contribution in [1.82, 2.24) is 10.2 Å². The summed E-state index contributed by atoms with van der Waals surface area (Å²) in [5, 5.41) is 12.1. The molecule has 0 aromatic carbocycles. The van der Waals surface area contributed by atoms with Crippen LogP contribution in [0.5, 0.6) is 0 Å². The molecule has 0 aromatic rings. The van der Waals surface area contributed by atoms with Gasteiger partial charge in [-0.3, -0.25) is 14.5 Å². The molecular formula is C13H22N2O3. The van der Waals surface area contributed by atoms with E-state index in [9.17, 15) is 9.59 Å². The summed E-state index contributed by atoms with van der Waals surface area (Å²) in [6.07, 6.45) is 7.09. The number of piperidine rings is 1. The maximum atomic E-state index is 11.9. The van der Waals surface area contributed by atoms with Crippen molar-refractivity contribution in [2.75, 3.05) is 13.1 Å². The Morgan fingerprint density at radius 3 is 2.44 bits per heavy atom. The first-order chi connectivity index (χ1) is 8.66. The zero-order valence-electron chi connectivity index (χ0n) is 10.7. The van der Waals surface area contributed by atoms with Crippen LogP contribution in [0.3, 0.4) is 0 Å². The van der Waals surface area contributed by atoms with Crippen LogP contribution in [0, 0.1) is 0 Å². The number of amides is 1. The molecule has 1 heterocycles. The number of rotatable bonds is 4. The van der Waals surface area contributed by atoms with Gasteiger partial charge < -0.3 is 10.4 Å². The van der Waals surface area contributed by atoms with E-state index in [1.54, 1.807) is 4.90 Å². The minimum Gasteiger partial charge on any atom is -0.480 e. The summed E-state index contributed by atoms with van der Waals surface area (Å²) in [5.41, 5.74) is 0.